The number of hydrogen-bond acceptors (Lipinski definition) is 3. The molecule has 150 valence electrons. The highest BCUT2D eigenvalue weighted by molar-refractivity contribution is 6.30. The molecule has 1 aromatic heterocycles. The number of hydrogen-bond donors (Lipinski definition) is 0. The molecule has 1 aromatic carbocycles. The number of unbranched alkanes of at least 4 members (excludes halogenated alkanes) is 1. The second kappa shape index (κ2) is 8.48. The van der Waals surface area contributed by atoms with Crippen LogP contribution in [-0.4, -0.2) is 30.4 Å². The number of rotatable bonds is 6. The van der Waals surface area contributed by atoms with Crippen LogP contribution in [0.4, 0.5) is 4.39 Å². The number of pyridine rings is 1. The monoisotopic (exact) mass is 403 g/mol. The van der Waals surface area contributed by atoms with Crippen molar-refractivity contribution in [3.05, 3.63) is 64.7 Å². The lowest BCUT2D eigenvalue weighted by molar-refractivity contribution is -0.109. The Hall–Kier alpha value is -1.49. The van der Waals surface area contributed by atoms with E-state index in [9.17, 15) is 4.39 Å². The lowest BCUT2D eigenvalue weighted by atomic mass is 9.67. The maximum atomic E-state index is 13.6. The Morgan fingerprint density at radius 1 is 1.11 bits per heavy atom. The molecule has 2 aliphatic heterocycles. The normalized spacial score (nSPS) is 27.4. The van der Waals surface area contributed by atoms with Gasteiger partial charge < -0.3 is 9.47 Å². The number of benzene rings is 1. The van der Waals surface area contributed by atoms with Crippen LogP contribution in [0.5, 0.6) is 0 Å². The van der Waals surface area contributed by atoms with Gasteiger partial charge in [-0.05, 0) is 68.0 Å². The van der Waals surface area contributed by atoms with E-state index in [4.69, 9.17) is 26.1 Å². The lowest BCUT2D eigenvalue weighted by Gasteiger charge is -2.45. The van der Waals surface area contributed by atoms with Crippen molar-refractivity contribution >= 4 is 11.6 Å². The first-order valence-corrected chi connectivity index (χ1v) is 10.6. The average Bonchev–Trinajstić information content (AvgIpc) is 3.13. The fourth-order valence-corrected chi connectivity index (χ4v) is 5.09. The van der Waals surface area contributed by atoms with Crippen LogP contribution in [0.15, 0.2) is 42.6 Å². The molecule has 2 aliphatic rings. The molecule has 0 amide bonds. The Morgan fingerprint density at radius 2 is 2.04 bits per heavy atom. The maximum absolute atomic E-state index is 13.6. The molecule has 3 nitrogen and oxygen atoms in total. The Bertz CT molecular complexity index is 774. The van der Waals surface area contributed by atoms with Crippen LogP contribution < -0.4 is 0 Å². The van der Waals surface area contributed by atoms with Gasteiger partial charge in [-0.1, -0.05) is 24.1 Å². The topological polar surface area (TPSA) is 31.4 Å². The fourth-order valence-electron chi connectivity index (χ4n) is 4.85. The van der Waals surface area contributed by atoms with Crippen molar-refractivity contribution in [2.45, 2.75) is 56.0 Å². The molecule has 0 radical (unpaired) electrons. The first kappa shape index (κ1) is 19.8. The SMILES string of the molecule is Fc1cc(Cl)cc(CCCC[C@@]2(c3ccccn3)CCO[C@]3(CCOC3)C2)c1. The van der Waals surface area contributed by atoms with Gasteiger partial charge in [0, 0.05) is 42.0 Å². The van der Waals surface area contributed by atoms with Crippen LogP contribution in [0.2, 0.25) is 5.02 Å². The summed E-state index contributed by atoms with van der Waals surface area (Å²) in [4.78, 5) is 4.73. The summed E-state index contributed by atoms with van der Waals surface area (Å²) in [6.45, 7) is 2.21. The van der Waals surface area contributed by atoms with Crippen LogP contribution in [0, 0.1) is 5.82 Å². The number of halogens is 2. The predicted octanol–water partition coefficient (Wildman–Crippen LogP) is 5.49. The molecular formula is C23H27ClFNO2. The summed E-state index contributed by atoms with van der Waals surface area (Å²) in [5.74, 6) is -0.264. The van der Waals surface area contributed by atoms with E-state index in [1.807, 2.05) is 18.3 Å². The predicted molar refractivity (Wildman–Crippen MR) is 108 cm³/mol. The van der Waals surface area contributed by atoms with Crippen molar-refractivity contribution in [2.75, 3.05) is 19.8 Å². The molecule has 4 rings (SSSR count). The molecule has 1 spiro atoms. The Kier molecular flexibility index (Phi) is 6.00. The molecule has 0 bridgehead atoms. The standard InChI is InChI=1S/C23H27ClFNO2/c24-19-13-18(14-20(25)15-19)5-1-3-7-22(21-6-2-4-10-26-21)8-12-28-23(16-22)9-11-27-17-23/h2,4,6,10,13-15H,1,3,5,7-9,11-12,16-17H2/t22-,23-/m1/s1. The minimum absolute atomic E-state index is 0.0206. The van der Waals surface area contributed by atoms with Crippen molar-refractivity contribution in [1.29, 1.82) is 0 Å². The highest BCUT2D eigenvalue weighted by Crippen LogP contribution is 2.47. The maximum Gasteiger partial charge on any atom is 0.124 e. The van der Waals surface area contributed by atoms with Crippen molar-refractivity contribution in [2.24, 2.45) is 0 Å². The Labute approximate surface area is 171 Å². The summed E-state index contributed by atoms with van der Waals surface area (Å²) in [5, 5.41) is 0.465. The summed E-state index contributed by atoms with van der Waals surface area (Å²) in [6.07, 6.45) is 8.74. The third-order valence-electron chi connectivity index (χ3n) is 6.22. The van der Waals surface area contributed by atoms with Crippen molar-refractivity contribution < 1.29 is 13.9 Å². The van der Waals surface area contributed by atoms with Crippen LogP contribution in [0.25, 0.3) is 0 Å². The van der Waals surface area contributed by atoms with E-state index < -0.39 is 0 Å². The van der Waals surface area contributed by atoms with Crippen LogP contribution in [0.1, 0.15) is 49.8 Å². The first-order chi connectivity index (χ1) is 13.6. The molecule has 28 heavy (non-hydrogen) atoms. The second-order valence-corrected chi connectivity index (χ2v) is 8.68. The molecule has 5 heteroatoms. The largest absolute Gasteiger partial charge is 0.378 e. The number of ether oxygens (including phenoxy) is 2. The fraction of sp³-hybridized carbons (Fsp3) is 0.522. The zero-order valence-corrected chi connectivity index (χ0v) is 16.9. The zero-order chi connectivity index (χ0) is 19.5. The molecule has 3 heterocycles. The lowest BCUT2D eigenvalue weighted by Crippen LogP contribution is -2.48. The van der Waals surface area contributed by atoms with E-state index >= 15 is 0 Å². The molecule has 2 aromatic rings. The van der Waals surface area contributed by atoms with Gasteiger partial charge >= 0.3 is 0 Å². The van der Waals surface area contributed by atoms with Crippen molar-refractivity contribution in [3.63, 3.8) is 0 Å². The molecular weight excluding hydrogens is 377 g/mol. The summed E-state index contributed by atoms with van der Waals surface area (Å²) < 4.78 is 25.4. The molecule has 0 unspecified atom stereocenters. The summed E-state index contributed by atoms with van der Waals surface area (Å²) in [6, 6.07) is 11.0. The summed E-state index contributed by atoms with van der Waals surface area (Å²) >= 11 is 5.98. The van der Waals surface area contributed by atoms with E-state index in [2.05, 4.69) is 12.1 Å². The molecule has 2 saturated heterocycles. The number of aromatic nitrogens is 1. The van der Waals surface area contributed by atoms with Crippen LogP contribution >= 0.6 is 11.6 Å². The minimum atomic E-state index is -0.264. The van der Waals surface area contributed by atoms with Crippen LogP contribution in [0.3, 0.4) is 0 Å². The van der Waals surface area contributed by atoms with E-state index in [1.54, 1.807) is 6.07 Å². The Morgan fingerprint density at radius 3 is 2.79 bits per heavy atom. The van der Waals surface area contributed by atoms with E-state index in [0.29, 0.717) is 11.6 Å². The zero-order valence-electron chi connectivity index (χ0n) is 16.1. The van der Waals surface area contributed by atoms with Crippen LogP contribution in [-0.2, 0) is 21.3 Å². The molecule has 0 saturated carbocycles. The minimum Gasteiger partial charge on any atom is -0.378 e. The van der Waals surface area contributed by atoms with Gasteiger partial charge in [0.1, 0.15) is 5.82 Å². The van der Waals surface area contributed by atoms with Crippen molar-refractivity contribution in [3.8, 4) is 0 Å². The van der Waals surface area contributed by atoms with Gasteiger partial charge in [-0.3, -0.25) is 4.98 Å². The number of nitrogens with zero attached hydrogens (tertiary/aromatic N) is 1. The Balaban J connectivity index is 1.45. The van der Waals surface area contributed by atoms with Gasteiger partial charge in [-0.25, -0.2) is 4.39 Å². The van der Waals surface area contributed by atoms with Gasteiger partial charge in [0.25, 0.3) is 0 Å². The summed E-state index contributed by atoms with van der Waals surface area (Å²) in [7, 11) is 0. The average molecular weight is 404 g/mol. The highest BCUT2D eigenvalue weighted by atomic mass is 35.5. The van der Waals surface area contributed by atoms with Gasteiger partial charge in [0.2, 0.25) is 0 Å². The van der Waals surface area contributed by atoms with Gasteiger partial charge in [0.05, 0.1) is 12.2 Å². The number of aryl methyl sites for hydroxylation is 1. The smallest absolute Gasteiger partial charge is 0.124 e. The van der Waals surface area contributed by atoms with E-state index in [0.717, 1.165) is 63.7 Å². The molecule has 2 atom stereocenters. The highest BCUT2D eigenvalue weighted by Gasteiger charge is 2.49. The molecule has 0 aliphatic carbocycles. The van der Waals surface area contributed by atoms with Gasteiger partial charge in [-0.15, -0.1) is 0 Å². The van der Waals surface area contributed by atoms with Gasteiger partial charge in [-0.2, -0.15) is 0 Å². The summed E-state index contributed by atoms with van der Waals surface area (Å²) in [5.41, 5.74) is 1.99. The molecule has 2 fully saturated rings. The quantitative estimate of drug-likeness (QED) is 0.597. The molecule has 0 N–H and O–H groups in total. The van der Waals surface area contributed by atoms with E-state index in [-0.39, 0.29) is 16.8 Å². The second-order valence-electron chi connectivity index (χ2n) is 8.24. The third kappa shape index (κ3) is 4.40. The first-order valence-electron chi connectivity index (χ1n) is 10.2. The van der Waals surface area contributed by atoms with E-state index in [1.165, 1.54) is 11.8 Å². The third-order valence-corrected chi connectivity index (χ3v) is 6.44. The van der Waals surface area contributed by atoms with Crippen molar-refractivity contribution in [1.82, 2.24) is 4.98 Å². The van der Waals surface area contributed by atoms with Gasteiger partial charge in [0.15, 0.2) is 0 Å².